The first-order valence-corrected chi connectivity index (χ1v) is 5.78. The highest BCUT2D eigenvalue weighted by Crippen LogP contribution is 2.16. The Balaban J connectivity index is 2.43. The topological polar surface area (TPSA) is 49.8 Å². The summed E-state index contributed by atoms with van der Waals surface area (Å²) in [6.45, 7) is 3.59. The van der Waals surface area contributed by atoms with Crippen molar-refractivity contribution in [2.75, 3.05) is 26.3 Å². The average Bonchev–Trinajstić information content (AvgIpc) is 2.43. The Labute approximate surface area is 91.2 Å². The SMILES string of the molecule is CCOC(=O)CN1CCCCCC1CO. The Morgan fingerprint density at radius 1 is 1.47 bits per heavy atom. The molecular formula is C11H21NO3. The lowest BCUT2D eigenvalue weighted by Crippen LogP contribution is -2.41. The van der Waals surface area contributed by atoms with Crippen molar-refractivity contribution in [3.63, 3.8) is 0 Å². The minimum Gasteiger partial charge on any atom is -0.465 e. The van der Waals surface area contributed by atoms with Gasteiger partial charge >= 0.3 is 5.97 Å². The number of carbonyl (C=O) groups excluding carboxylic acids is 1. The fourth-order valence-electron chi connectivity index (χ4n) is 2.02. The van der Waals surface area contributed by atoms with E-state index in [4.69, 9.17) is 4.74 Å². The third kappa shape index (κ3) is 4.18. The monoisotopic (exact) mass is 215 g/mol. The highest BCUT2D eigenvalue weighted by atomic mass is 16.5. The quantitative estimate of drug-likeness (QED) is 0.704. The van der Waals surface area contributed by atoms with Crippen molar-refractivity contribution >= 4 is 5.97 Å². The number of hydrogen-bond donors (Lipinski definition) is 1. The molecule has 1 atom stereocenters. The second-order valence-corrected chi connectivity index (χ2v) is 3.96. The highest BCUT2D eigenvalue weighted by Gasteiger charge is 2.22. The van der Waals surface area contributed by atoms with Crippen LogP contribution in [0, 0.1) is 0 Å². The van der Waals surface area contributed by atoms with E-state index in [1.54, 1.807) is 0 Å². The van der Waals surface area contributed by atoms with Crippen molar-refractivity contribution in [3.8, 4) is 0 Å². The summed E-state index contributed by atoms with van der Waals surface area (Å²) in [5, 5.41) is 9.24. The van der Waals surface area contributed by atoms with Gasteiger partial charge in [-0.2, -0.15) is 0 Å². The number of likely N-dealkylation sites (tertiary alicyclic amines) is 1. The van der Waals surface area contributed by atoms with Crippen molar-refractivity contribution in [1.29, 1.82) is 0 Å². The standard InChI is InChI=1S/C11H21NO3/c1-2-15-11(14)8-12-7-5-3-4-6-10(12)9-13/h10,13H,2-9H2,1H3. The van der Waals surface area contributed by atoms with E-state index in [0.717, 1.165) is 25.8 Å². The number of rotatable bonds is 4. The van der Waals surface area contributed by atoms with Crippen molar-refractivity contribution in [2.24, 2.45) is 0 Å². The van der Waals surface area contributed by atoms with Crippen LogP contribution in [0.3, 0.4) is 0 Å². The molecule has 0 aliphatic carbocycles. The van der Waals surface area contributed by atoms with Crippen molar-refractivity contribution in [3.05, 3.63) is 0 Å². The molecule has 4 heteroatoms. The molecule has 0 aromatic carbocycles. The molecule has 0 spiro atoms. The number of nitrogens with zero attached hydrogens (tertiary/aromatic N) is 1. The minimum atomic E-state index is -0.183. The Morgan fingerprint density at radius 3 is 2.93 bits per heavy atom. The largest absolute Gasteiger partial charge is 0.465 e. The van der Waals surface area contributed by atoms with Gasteiger partial charge in [-0.3, -0.25) is 9.69 Å². The average molecular weight is 215 g/mol. The number of aliphatic hydroxyl groups is 1. The van der Waals surface area contributed by atoms with Gasteiger partial charge in [0.05, 0.1) is 19.8 Å². The predicted molar refractivity (Wildman–Crippen MR) is 57.5 cm³/mol. The summed E-state index contributed by atoms with van der Waals surface area (Å²) < 4.78 is 4.92. The summed E-state index contributed by atoms with van der Waals surface area (Å²) in [6.07, 6.45) is 4.42. The lowest BCUT2D eigenvalue weighted by Gasteiger charge is -2.27. The van der Waals surface area contributed by atoms with Gasteiger partial charge in [0, 0.05) is 6.04 Å². The number of aliphatic hydroxyl groups excluding tert-OH is 1. The zero-order valence-corrected chi connectivity index (χ0v) is 9.45. The van der Waals surface area contributed by atoms with Gasteiger partial charge in [0.2, 0.25) is 0 Å². The molecule has 0 radical (unpaired) electrons. The number of ether oxygens (including phenoxy) is 1. The number of carbonyl (C=O) groups is 1. The summed E-state index contributed by atoms with van der Waals surface area (Å²) in [7, 11) is 0. The molecule has 1 rings (SSSR count). The van der Waals surface area contributed by atoms with Crippen molar-refractivity contribution in [1.82, 2.24) is 4.90 Å². The maximum atomic E-state index is 11.3. The molecule has 4 nitrogen and oxygen atoms in total. The second-order valence-electron chi connectivity index (χ2n) is 3.96. The van der Waals surface area contributed by atoms with E-state index < -0.39 is 0 Å². The summed E-state index contributed by atoms with van der Waals surface area (Å²) in [4.78, 5) is 13.4. The number of esters is 1. The molecule has 0 aromatic rings. The molecule has 0 bridgehead atoms. The van der Waals surface area contributed by atoms with Crippen LogP contribution in [-0.4, -0.2) is 48.3 Å². The van der Waals surface area contributed by atoms with Gasteiger partial charge < -0.3 is 9.84 Å². The van der Waals surface area contributed by atoms with Gasteiger partial charge in [-0.25, -0.2) is 0 Å². The lowest BCUT2D eigenvalue weighted by atomic mass is 10.1. The molecule has 1 heterocycles. The second kappa shape index (κ2) is 6.80. The van der Waals surface area contributed by atoms with Crippen LogP contribution in [-0.2, 0) is 9.53 Å². The van der Waals surface area contributed by atoms with E-state index in [1.807, 2.05) is 11.8 Å². The molecule has 0 amide bonds. The van der Waals surface area contributed by atoms with E-state index in [1.165, 1.54) is 6.42 Å². The zero-order chi connectivity index (χ0) is 11.1. The Bertz CT molecular complexity index is 196. The normalized spacial score (nSPS) is 23.5. The van der Waals surface area contributed by atoms with Crippen LogP contribution < -0.4 is 0 Å². The van der Waals surface area contributed by atoms with Crippen molar-refractivity contribution < 1.29 is 14.6 Å². The third-order valence-electron chi connectivity index (χ3n) is 2.85. The summed E-state index contributed by atoms with van der Waals surface area (Å²) in [6, 6.07) is 0.136. The van der Waals surface area contributed by atoms with Gasteiger partial charge in [-0.05, 0) is 26.3 Å². The summed E-state index contributed by atoms with van der Waals surface area (Å²) in [5.41, 5.74) is 0. The van der Waals surface area contributed by atoms with Crippen LogP contribution >= 0.6 is 0 Å². The van der Waals surface area contributed by atoms with E-state index >= 15 is 0 Å². The first-order chi connectivity index (χ1) is 7.27. The van der Waals surface area contributed by atoms with E-state index in [0.29, 0.717) is 13.2 Å². The smallest absolute Gasteiger partial charge is 0.320 e. The third-order valence-corrected chi connectivity index (χ3v) is 2.85. The van der Waals surface area contributed by atoms with E-state index in [9.17, 15) is 9.90 Å². The maximum Gasteiger partial charge on any atom is 0.320 e. The molecule has 1 unspecified atom stereocenters. The Hall–Kier alpha value is -0.610. The molecule has 15 heavy (non-hydrogen) atoms. The van der Waals surface area contributed by atoms with Crippen LogP contribution in [0.1, 0.15) is 32.6 Å². The molecule has 0 aromatic heterocycles. The maximum absolute atomic E-state index is 11.3. The molecule has 1 fully saturated rings. The van der Waals surface area contributed by atoms with Gasteiger partial charge in [-0.1, -0.05) is 12.8 Å². The van der Waals surface area contributed by atoms with Gasteiger partial charge in [0.25, 0.3) is 0 Å². The molecule has 1 aliphatic heterocycles. The number of hydrogen-bond acceptors (Lipinski definition) is 4. The summed E-state index contributed by atoms with van der Waals surface area (Å²) >= 11 is 0. The van der Waals surface area contributed by atoms with Crippen molar-refractivity contribution in [2.45, 2.75) is 38.6 Å². The molecule has 1 N–H and O–H groups in total. The summed E-state index contributed by atoms with van der Waals surface area (Å²) in [5.74, 6) is -0.183. The molecule has 0 saturated carbocycles. The Kier molecular flexibility index (Phi) is 5.65. The van der Waals surface area contributed by atoms with Gasteiger partial charge in [-0.15, -0.1) is 0 Å². The first kappa shape index (κ1) is 12.5. The van der Waals surface area contributed by atoms with E-state index in [2.05, 4.69) is 0 Å². The van der Waals surface area contributed by atoms with Crippen LogP contribution in [0.15, 0.2) is 0 Å². The highest BCUT2D eigenvalue weighted by molar-refractivity contribution is 5.71. The Morgan fingerprint density at radius 2 is 2.27 bits per heavy atom. The van der Waals surface area contributed by atoms with Gasteiger partial charge in [0.15, 0.2) is 0 Å². The minimum absolute atomic E-state index is 0.136. The molecular weight excluding hydrogens is 194 g/mol. The van der Waals surface area contributed by atoms with Crippen LogP contribution in [0.25, 0.3) is 0 Å². The molecule has 1 aliphatic rings. The fourth-order valence-corrected chi connectivity index (χ4v) is 2.02. The molecule has 1 saturated heterocycles. The fraction of sp³-hybridized carbons (Fsp3) is 0.909. The lowest BCUT2D eigenvalue weighted by molar-refractivity contribution is -0.145. The zero-order valence-electron chi connectivity index (χ0n) is 9.45. The van der Waals surface area contributed by atoms with Crippen LogP contribution in [0.5, 0.6) is 0 Å². The first-order valence-electron chi connectivity index (χ1n) is 5.78. The van der Waals surface area contributed by atoms with Gasteiger partial charge in [0.1, 0.15) is 0 Å². The molecule has 88 valence electrons. The van der Waals surface area contributed by atoms with Crippen LogP contribution in [0.4, 0.5) is 0 Å². The predicted octanol–water partition coefficient (Wildman–Crippen LogP) is 0.786. The van der Waals surface area contributed by atoms with Crippen LogP contribution in [0.2, 0.25) is 0 Å². The van der Waals surface area contributed by atoms with E-state index in [-0.39, 0.29) is 18.6 Å².